The zero-order valence-electron chi connectivity index (χ0n) is 14.5. The first-order valence-corrected chi connectivity index (χ1v) is 9.42. The minimum absolute atomic E-state index is 0.0140. The largest absolute Gasteiger partial charge is 0.508 e. The van der Waals surface area contributed by atoms with E-state index < -0.39 is 4.92 Å². The van der Waals surface area contributed by atoms with E-state index in [4.69, 9.17) is 11.6 Å². The van der Waals surface area contributed by atoms with Crippen molar-refractivity contribution in [3.8, 4) is 16.9 Å². The van der Waals surface area contributed by atoms with E-state index in [1.807, 2.05) is 23.4 Å². The molecule has 0 amide bonds. The molecule has 9 heteroatoms. The molecule has 140 valence electrons. The average Bonchev–Trinajstić information content (AvgIpc) is 3.11. The Kier molecular flexibility index (Phi) is 4.58. The Balaban J connectivity index is 1.92. The number of phenols is 1. The van der Waals surface area contributed by atoms with Gasteiger partial charge in [0.25, 0.3) is 5.69 Å². The Hall–Kier alpha value is -3.23. The number of nitro benzene ring substituents is 1. The zero-order valence-corrected chi connectivity index (χ0v) is 16.1. The summed E-state index contributed by atoms with van der Waals surface area (Å²) in [5.74, 6) is 0.735. The van der Waals surface area contributed by atoms with Gasteiger partial charge in [-0.05, 0) is 41.4 Å². The van der Waals surface area contributed by atoms with Crippen LogP contribution in [0.5, 0.6) is 5.75 Å². The predicted molar refractivity (Wildman–Crippen MR) is 111 cm³/mol. The Bertz CT molecular complexity index is 1190. The number of nitro groups is 1. The molecule has 2 heterocycles. The summed E-state index contributed by atoms with van der Waals surface area (Å²) < 4.78 is 0. The molecule has 0 atom stereocenters. The lowest BCUT2D eigenvalue weighted by atomic mass is 10.1. The summed E-state index contributed by atoms with van der Waals surface area (Å²) in [5.41, 5.74) is 2.30. The fraction of sp³-hybridized carbons (Fsp3) is 0.0526. The molecule has 0 bridgehead atoms. The molecule has 4 rings (SSSR count). The quantitative estimate of drug-likeness (QED) is 0.274. The van der Waals surface area contributed by atoms with Crippen molar-refractivity contribution in [1.29, 1.82) is 0 Å². The topological polar surface area (TPSA) is 92.4 Å². The van der Waals surface area contributed by atoms with Gasteiger partial charge >= 0.3 is 0 Å². The molecule has 0 aliphatic heterocycles. The molecule has 28 heavy (non-hydrogen) atoms. The third-order valence-corrected chi connectivity index (χ3v) is 5.35. The van der Waals surface area contributed by atoms with E-state index in [9.17, 15) is 15.2 Å². The van der Waals surface area contributed by atoms with Gasteiger partial charge in [-0.15, -0.1) is 11.3 Å². The molecule has 4 aromatic rings. The Labute approximate surface area is 168 Å². The molecule has 0 saturated heterocycles. The zero-order chi connectivity index (χ0) is 19.8. The number of non-ortho nitro benzene ring substituents is 1. The number of aromatic nitrogens is 2. The van der Waals surface area contributed by atoms with Crippen LogP contribution in [0.2, 0.25) is 5.28 Å². The summed E-state index contributed by atoms with van der Waals surface area (Å²) in [6, 6.07) is 13.1. The maximum absolute atomic E-state index is 11.2. The van der Waals surface area contributed by atoms with Crippen molar-refractivity contribution in [2.75, 3.05) is 11.9 Å². The van der Waals surface area contributed by atoms with Crippen molar-refractivity contribution >= 4 is 50.3 Å². The minimum atomic E-state index is -0.422. The maximum Gasteiger partial charge on any atom is 0.270 e. The van der Waals surface area contributed by atoms with Crippen LogP contribution in [0.4, 0.5) is 17.2 Å². The number of fused-ring (bicyclic) bond motifs is 1. The van der Waals surface area contributed by atoms with E-state index in [-0.39, 0.29) is 16.7 Å². The number of hydrogen-bond acceptors (Lipinski definition) is 7. The van der Waals surface area contributed by atoms with Crippen LogP contribution in [-0.4, -0.2) is 27.0 Å². The first-order valence-electron chi connectivity index (χ1n) is 8.16. The van der Waals surface area contributed by atoms with Gasteiger partial charge < -0.3 is 10.0 Å². The van der Waals surface area contributed by atoms with Crippen molar-refractivity contribution in [3.05, 3.63) is 69.3 Å². The summed E-state index contributed by atoms with van der Waals surface area (Å²) in [4.78, 5) is 22.0. The number of hydrogen-bond donors (Lipinski definition) is 1. The van der Waals surface area contributed by atoms with E-state index in [0.29, 0.717) is 16.2 Å². The third kappa shape index (κ3) is 3.23. The van der Waals surface area contributed by atoms with Gasteiger partial charge in [0.2, 0.25) is 5.28 Å². The van der Waals surface area contributed by atoms with E-state index in [0.717, 1.165) is 16.6 Å². The summed E-state index contributed by atoms with van der Waals surface area (Å²) >= 11 is 7.53. The van der Waals surface area contributed by atoms with Crippen LogP contribution in [0, 0.1) is 10.1 Å². The van der Waals surface area contributed by atoms with E-state index in [2.05, 4.69) is 9.97 Å². The first kappa shape index (κ1) is 18.1. The molecular weight excluding hydrogens is 400 g/mol. The van der Waals surface area contributed by atoms with Gasteiger partial charge in [0.15, 0.2) is 0 Å². The van der Waals surface area contributed by atoms with Crippen LogP contribution in [0.15, 0.2) is 53.9 Å². The normalized spacial score (nSPS) is 10.9. The number of benzene rings is 2. The second kappa shape index (κ2) is 7.06. The number of rotatable bonds is 4. The summed E-state index contributed by atoms with van der Waals surface area (Å²) in [6.07, 6.45) is 0. The molecular formula is C19H13ClN4O3S. The highest BCUT2D eigenvalue weighted by Gasteiger charge is 2.19. The molecule has 0 fully saturated rings. The second-order valence-corrected chi connectivity index (χ2v) is 7.22. The van der Waals surface area contributed by atoms with Gasteiger partial charge in [0.1, 0.15) is 16.4 Å². The fourth-order valence-electron chi connectivity index (χ4n) is 2.94. The SMILES string of the molecule is CN(c1ccc(O)cc1)c1nc(Cl)nc2scc(-c3cccc([N+](=O)[O-])c3)c12. The van der Waals surface area contributed by atoms with Crippen LogP contribution >= 0.6 is 22.9 Å². The highest BCUT2D eigenvalue weighted by atomic mass is 35.5. The number of anilines is 2. The second-order valence-electron chi connectivity index (χ2n) is 6.03. The van der Waals surface area contributed by atoms with Gasteiger partial charge in [-0.3, -0.25) is 10.1 Å². The lowest BCUT2D eigenvalue weighted by Crippen LogP contribution is -2.12. The molecule has 7 nitrogen and oxygen atoms in total. The minimum Gasteiger partial charge on any atom is -0.508 e. The van der Waals surface area contributed by atoms with Crippen molar-refractivity contribution in [1.82, 2.24) is 9.97 Å². The van der Waals surface area contributed by atoms with Gasteiger partial charge in [-0.2, -0.15) is 4.98 Å². The van der Waals surface area contributed by atoms with E-state index in [1.165, 1.54) is 23.5 Å². The Morgan fingerprint density at radius 3 is 2.64 bits per heavy atom. The lowest BCUT2D eigenvalue weighted by molar-refractivity contribution is -0.384. The first-order chi connectivity index (χ1) is 13.4. The Morgan fingerprint density at radius 1 is 1.18 bits per heavy atom. The number of halogens is 1. The van der Waals surface area contributed by atoms with Crippen LogP contribution in [-0.2, 0) is 0 Å². The molecule has 0 aliphatic rings. The summed E-state index contributed by atoms with van der Waals surface area (Å²) in [7, 11) is 1.83. The smallest absolute Gasteiger partial charge is 0.270 e. The van der Waals surface area contributed by atoms with Crippen LogP contribution < -0.4 is 4.90 Å². The van der Waals surface area contributed by atoms with Crippen molar-refractivity contribution in [2.24, 2.45) is 0 Å². The molecule has 1 N–H and O–H groups in total. The standard InChI is InChI=1S/C19H13ClN4O3S/c1-23(12-5-7-14(25)8-6-12)17-16-15(10-28-18(16)22-19(20)21-17)11-3-2-4-13(9-11)24(26)27/h2-10,25H,1H3. The number of thiophene rings is 1. The fourth-order valence-corrected chi connectivity index (χ4v) is 4.10. The highest BCUT2D eigenvalue weighted by Crippen LogP contribution is 2.41. The van der Waals surface area contributed by atoms with Crippen molar-refractivity contribution in [2.45, 2.75) is 0 Å². The monoisotopic (exact) mass is 412 g/mol. The highest BCUT2D eigenvalue weighted by molar-refractivity contribution is 7.17. The molecule has 0 radical (unpaired) electrons. The van der Waals surface area contributed by atoms with Gasteiger partial charge in [0, 0.05) is 35.8 Å². The predicted octanol–water partition coefficient (Wildman–Crippen LogP) is 5.39. The molecule has 0 saturated carbocycles. The van der Waals surface area contributed by atoms with Crippen molar-refractivity contribution < 1.29 is 10.0 Å². The summed E-state index contributed by atoms with van der Waals surface area (Å²) in [5, 5.41) is 23.5. The van der Waals surface area contributed by atoms with E-state index in [1.54, 1.807) is 30.3 Å². The summed E-state index contributed by atoms with van der Waals surface area (Å²) in [6.45, 7) is 0. The molecule has 0 unspecified atom stereocenters. The van der Waals surface area contributed by atoms with Crippen molar-refractivity contribution in [3.63, 3.8) is 0 Å². The molecule has 2 aromatic carbocycles. The number of phenolic OH excluding ortho intramolecular Hbond substituents is 1. The number of aromatic hydroxyl groups is 1. The van der Waals surface area contributed by atoms with Gasteiger partial charge in [-0.1, -0.05) is 12.1 Å². The maximum atomic E-state index is 11.2. The average molecular weight is 413 g/mol. The van der Waals surface area contributed by atoms with Crippen LogP contribution in [0.1, 0.15) is 0 Å². The molecule has 0 aliphatic carbocycles. The van der Waals surface area contributed by atoms with Crippen LogP contribution in [0.3, 0.4) is 0 Å². The Morgan fingerprint density at radius 2 is 1.93 bits per heavy atom. The molecule has 2 aromatic heterocycles. The van der Waals surface area contributed by atoms with E-state index >= 15 is 0 Å². The third-order valence-electron chi connectivity index (χ3n) is 4.31. The van der Waals surface area contributed by atoms with Crippen LogP contribution in [0.25, 0.3) is 21.3 Å². The number of nitrogens with zero attached hydrogens (tertiary/aromatic N) is 4. The van der Waals surface area contributed by atoms with Gasteiger partial charge in [0.05, 0.1) is 10.3 Å². The molecule has 0 spiro atoms. The lowest BCUT2D eigenvalue weighted by Gasteiger charge is -2.20. The van der Waals surface area contributed by atoms with Gasteiger partial charge in [-0.25, -0.2) is 4.98 Å².